The lowest BCUT2D eigenvalue weighted by Gasteiger charge is -2.09. The number of halogens is 1. The van der Waals surface area contributed by atoms with E-state index in [1.165, 1.54) is 6.92 Å². The first kappa shape index (κ1) is 14.1. The zero-order valence-electron chi connectivity index (χ0n) is 10.8. The van der Waals surface area contributed by atoms with Gasteiger partial charge < -0.3 is 10.6 Å². The van der Waals surface area contributed by atoms with Crippen molar-refractivity contribution < 1.29 is 9.59 Å². The Bertz CT molecular complexity index is 639. The largest absolute Gasteiger partial charge is 0.323 e. The summed E-state index contributed by atoms with van der Waals surface area (Å²) in [6.07, 6.45) is 0. The number of ketones is 1. The van der Waals surface area contributed by atoms with Crippen LogP contribution in [0.1, 0.15) is 17.3 Å². The monoisotopic (exact) mass is 288 g/mol. The molecule has 0 atom stereocenters. The van der Waals surface area contributed by atoms with Gasteiger partial charge in [-0.3, -0.25) is 4.79 Å². The highest BCUT2D eigenvalue weighted by atomic mass is 35.5. The first-order valence-electron chi connectivity index (χ1n) is 6.00. The standard InChI is InChI=1S/C15H13ClN2O2/c1-10(19)11-6-8-12(9-7-11)17-15(20)18-14-5-3-2-4-13(14)16/h2-9H,1H3,(H2,17,18,20). The van der Waals surface area contributed by atoms with Gasteiger partial charge in [0.25, 0.3) is 0 Å². The zero-order valence-corrected chi connectivity index (χ0v) is 11.6. The molecule has 0 aliphatic carbocycles. The van der Waals surface area contributed by atoms with Gasteiger partial charge in [0, 0.05) is 11.3 Å². The first-order chi connectivity index (χ1) is 9.56. The summed E-state index contributed by atoms with van der Waals surface area (Å²) < 4.78 is 0. The molecular weight excluding hydrogens is 276 g/mol. The van der Waals surface area contributed by atoms with Crippen LogP contribution >= 0.6 is 11.6 Å². The van der Waals surface area contributed by atoms with Crippen LogP contribution in [0.25, 0.3) is 0 Å². The van der Waals surface area contributed by atoms with Gasteiger partial charge >= 0.3 is 6.03 Å². The quantitative estimate of drug-likeness (QED) is 0.832. The van der Waals surface area contributed by atoms with Gasteiger partial charge in [-0.1, -0.05) is 23.7 Å². The Morgan fingerprint density at radius 1 is 0.950 bits per heavy atom. The molecule has 20 heavy (non-hydrogen) atoms. The number of carbonyl (C=O) groups excluding carboxylic acids is 2. The predicted molar refractivity (Wildman–Crippen MR) is 80.5 cm³/mol. The Hall–Kier alpha value is -2.33. The molecule has 0 bridgehead atoms. The number of hydrogen-bond acceptors (Lipinski definition) is 2. The second-order valence-electron chi connectivity index (χ2n) is 4.19. The number of rotatable bonds is 3. The average Bonchev–Trinajstić information content (AvgIpc) is 2.42. The second kappa shape index (κ2) is 6.21. The topological polar surface area (TPSA) is 58.2 Å². The van der Waals surface area contributed by atoms with Crippen molar-refractivity contribution in [3.8, 4) is 0 Å². The normalized spacial score (nSPS) is 9.90. The van der Waals surface area contributed by atoms with Crippen molar-refractivity contribution in [2.75, 3.05) is 10.6 Å². The molecule has 0 aliphatic rings. The minimum Gasteiger partial charge on any atom is -0.308 e. The summed E-state index contributed by atoms with van der Waals surface area (Å²) in [4.78, 5) is 22.9. The summed E-state index contributed by atoms with van der Waals surface area (Å²) in [5.41, 5.74) is 1.73. The van der Waals surface area contributed by atoms with Crippen LogP contribution in [-0.4, -0.2) is 11.8 Å². The maximum Gasteiger partial charge on any atom is 0.323 e. The first-order valence-corrected chi connectivity index (χ1v) is 6.37. The van der Waals surface area contributed by atoms with Gasteiger partial charge in [-0.05, 0) is 43.3 Å². The molecule has 2 N–H and O–H groups in total. The van der Waals surface area contributed by atoms with Gasteiger partial charge in [0.1, 0.15) is 0 Å². The van der Waals surface area contributed by atoms with Crippen LogP contribution in [0.5, 0.6) is 0 Å². The van der Waals surface area contributed by atoms with E-state index in [4.69, 9.17) is 11.6 Å². The van der Waals surface area contributed by atoms with E-state index in [-0.39, 0.29) is 5.78 Å². The van der Waals surface area contributed by atoms with Crippen molar-refractivity contribution in [2.24, 2.45) is 0 Å². The van der Waals surface area contributed by atoms with Crippen molar-refractivity contribution in [1.82, 2.24) is 0 Å². The number of Topliss-reactive ketones (excluding diaryl/α,β-unsaturated/α-hetero) is 1. The van der Waals surface area contributed by atoms with Crippen LogP contribution in [0.2, 0.25) is 5.02 Å². The van der Waals surface area contributed by atoms with E-state index in [0.717, 1.165) is 0 Å². The van der Waals surface area contributed by atoms with Crippen molar-refractivity contribution in [1.29, 1.82) is 0 Å². The van der Waals surface area contributed by atoms with Gasteiger partial charge in [0.2, 0.25) is 0 Å². The van der Waals surface area contributed by atoms with Crippen LogP contribution in [0.4, 0.5) is 16.2 Å². The molecule has 0 heterocycles. The lowest BCUT2D eigenvalue weighted by molar-refractivity contribution is 0.101. The third-order valence-electron chi connectivity index (χ3n) is 2.67. The molecule has 0 saturated carbocycles. The van der Waals surface area contributed by atoms with E-state index < -0.39 is 6.03 Å². The molecule has 0 aliphatic heterocycles. The maximum atomic E-state index is 11.8. The molecule has 0 saturated heterocycles. The molecular formula is C15H13ClN2O2. The average molecular weight is 289 g/mol. The number of hydrogen-bond donors (Lipinski definition) is 2. The van der Waals surface area contributed by atoms with Gasteiger partial charge in [-0.25, -0.2) is 4.79 Å². The third-order valence-corrected chi connectivity index (χ3v) is 3.00. The highest BCUT2D eigenvalue weighted by molar-refractivity contribution is 6.33. The van der Waals surface area contributed by atoms with Crippen molar-refractivity contribution in [2.45, 2.75) is 6.92 Å². The van der Waals surface area contributed by atoms with E-state index in [0.29, 0.717) is 22.0 Å². The fraction of sp³-hybridized carbons (Fsp3) is 0.0667. The summed E-state index contributed by atoms with van der Waals surface area (Å²) in [6.45, 7) is 1.49. The lowest BCUT2D eigenvalue weighted by Crippen LogP contribution is -2.19. The summed E-state index contributed by atoms with van der Waals surface area (Å²) in [6, 6.07) is 13.2. The molecule has 2 rings (SSSR count). The summed E-state index contributed by atoms with van der Waals surface area (Å²) in [5.74, 6) is -0.0166. The minimum atomic E-state index is -0.395. The van der Waals surface area contributed by atoms with Crippen LogP contribution < -0.4 is 10.6 Å². The SMILES string of the molecule is CC(=O)c1ccc(NC(=O)Nc2ccccc2Cl)cc1. The number of urea groups is 1. The third kappa shape index (κ3) is 3.59. The van der Waals surface area contributed by atoms with Crippen LogP contribution in [0, 0.1) is 0 Å². The minimum absolute atomic E-state index is 0.0166. The molecule has 0 aromatic heterocycles. The van der Waals surface area contributed by atoms with Crippen molar-refractivity contribution in [3.05, 3.63) is 59.1 Å². The molecule has 2 amide bonds. The number of carbonyl (C=O) groups is 2. The summed E-state index contributed by atoms with van der Waals surface area (Å²) in [5, 5.41) is 5.78. The van der Waals surface area contributed by atoms with E-state index in [2.05, 4.69) is 10.6 Å². The summed E-state index contributed by atoms with van der Waals surface area (Å²) >= 11 is 5.95. The van der Waals surface area contributed by atoms with Gasteiger partial charge in [0.15, 0.2) is 5.78 Å². The maximum absolute atomic E-state index is 11.8. The number of nitrogens with one attached hydrogen (secondary N) is 2. The van der Waals surface area contributed by atoms with Gasteiger partial charge in [-0.15, -0.1) is 0 Å². The van der Waals surface area contributed by atoms with E-state index in [1.807, 2.05) is 0 Å². The number of benzene rings is 2. The van der Waals surface area contributed by atoms with Crippen molar-refractivity contribution in [3.63, 3.8) is 0 Å². The van der Waals surface area contributed by atoms with Gasteiger partial charge in [0.05, 0.1) is 10.7 Å². The molecule has 2 aromatic rings. The Morgan fingerprint density at radius 3 is 2.20 bits per heavy atom. The molecule has 0 spiro atoms. The van der Waals surface area contributed by atoms with Crippen LogP contribution in [0.3, 0.4) is 0 Å². The fourth-order valence-electron chi connectivity index (χ4n) is 1.64. The lowest BCUT2D eigenvalue weighted by atomic mass is 10.1. The van der Waals surface area contributed by atoms with Crippen LogP contribution in [-0.2, 0) is 0 Å². The fourth-order valence-corrected chi connectivity index (χ4v) is 1.82. The highest BCUT2D eigenvalue weighted by Gasteiger charge is 2.06. The van der Waals surface area contributed by atoms with Crippen molar-refractivity contribution >= 4 is 34.8 Å². The Kier molecular flexibility index (Phi) is 4.38. The predicted octanol–water partition coefficient (Wildman–Crippen LogP) is 4.19. The Labute approximate surface area is 121 Å². The molecule has 4 nitrogen and oxygen atoms in total. The Balaban J connectivity index is 2.01. The van der Waals surface area contributed by atoms with E-state index in [1.54, 1.807) is 48.5 Å². The molecule has 102 valence electrons. The zero-order chi connectivity index (χ0) is 14.5. The molecule has 0 radical (unpaired) electrons. The van der Waals surface area contributed by atoms with Gasteiger partial charge in [-0.2, -0.15) is 0 Å². The number of anilines is 2. The molecule has 0 fully saturated rings. The molecule has 0 unspecified atom stereocenters. The molecule has 5 heteroatoms. The summed E-state index contributed by atoms with van der Waals surface area (Å²) in [7, 11) is 0. The smallest absolute Gasteiger partial charge is 0.308 e. The highest BCUT2D eigenvalue weighted by Crippen LogP contribution is 2.20. The van der Waals surface area contributed by atoms with E-state index >= 15 is 0 Å². The van der Waals surface area contributed by atoms with Crippen LogP contribution in [0.15, 0.2) is 48.5 Å². The number of para-hydroxylation sites is 1. The molecule has 2 aromatic carbocycles. The van der Waals surface area contributed by atoms with E-state index in [9.17, 15) is 9.59 Å². The Morgan fingerprint density at radius 2 is 1.60 bits per heavy atom. The second-order valence-corrected chi connectivity index (χ2v) is 4.60. The number of amides is 2.